The molecule has 4 heteroatoms. The first kappa shape index (κ1) is 9.96. The first-order valence-electron chi connectivity index (χ1n) is 5.04. The molecule has 1 saturated heterocycles. The van der Waals surface area contributed by atoms with Crippen LogP contribution in [0.1, 0.15) is 6.42 Å². The van der Waals surface area contributed by atoms with E-state index in [1.54, 1.807) is 0 Å². The van der Waals surface area contributed by atoms with Gasteiger partial charge in [0.15, 0.2) is 0 Å². The van der Waals surface area contributed by atoms with Crippen LogP contribution in [0, 0.1) is 0 Å². The van der Waals surface area contributed by atoms with Gasteiger partial charge in [-0.3, -0.25) is 9.59 Å². The smallest absolute Gasteiger partial charge is 0.227 e. The van der Waals surface area contributed by atoms with Crippen LogP contribution in [-0.2, 0) is 9.59 Å². The summed E-state index contributed by atoms with van der Waals surface area (Å²) in [5.74, 6) is -0.841. The van der Waals surface area contributed by atoms with Gasteiger partial charge in [0, 0.05) is 39.3 Å². The maximum atomic E-state index is 11.3. The largest absolute Gasteiger partial charge is 0.373 e. The second-order valence-electron chi connectivity index (χ2n) is 3.98. The van der Waals surface area contributed by atoms with Gasteiger partial charge in [-0.15, -0.1) is 0 Å². The molecule has 0 saturated carbocycles. The van der Waals surface area contributed by atoms with Crippen LogP contribution in [0.5, 0.6) is 0 Å². The molecule has 0 aromatic carbocycles. The summed E-state index contributed by atoms with van der Waals surface area (Å²) in [6.07, 6.45) is 3.92. The number of likely N-dealkylation sites (N-methyl/N-ethyl adjacent to an activating group) is 2. The number of allylic oxidation sites excluding steroid dienone is 2. The Morgan fingerprint density at radius 2 is 1.33 bits per heavy atom. The Kier molecular flexibility index (Phi) is 2.34. The number of nitrogens with zero attached hydrogens (tertiary/aromatic N) is 2. The highest BCUT2D eigenvalue weighted by Crippen LogP contribution is 2.24. The Hall–Kier alpha value is -1.58. The molecular formula is C11H14N2O2. The molecule has 0 bridgehead atoms. The van der Waals surface area contributed by atoms with Crippen molar-refractivity contribution in [2.45, 2.75) is 6.42 Å². The monoisotopic (exact) mass is 206 g/mol. The van der Waals surface area contributed by atoms with Crippen LogP contribution in [0.25, 0.3) is 0 Å². The quantitative estimate of drug-likeness (QED) is 0.418. The summed E-state index contributed by atoms with van der Waals surface area (Å²) in [4.78, 5) is 26.7. The molecule has 0 atom stereocenters. The summed E-state index contributed by atoms with van der Waals surface area (Å²) in [5, 5.41) is 0. The number of carbonyl (C=O) groups is 2. The summed E-state index contributed by atoms with van der Waals surface area (Å²) in [7, 11) is 3.89. The Balaban J connectivity index is 2.44. The molecule has 1 heterocycles. The predicted molar refractivity (Wildman–Crippen MR) is 56.1 cm³/mol. The van der Waals surface area contributed by atoms with Gasteiger partial charge in [0.25, 0.3) is 0 Å². The highest BCUT2D eigenvalue weighted by Gasteiger charge is 2.26. The van der Waals surface area contributed by atoms with Gasteiger partial charge in [-0.2, -0.15) is 0 Å². The van der Waals surface area contributed by atoms with Gasteiger partial charge < -0.3 is 9.80 Å². The molecule has 1 fully saturated rings. The first-order valence-corrected chi connectivity index (χ1v) is 5.04. The fourth-order valence-electron chi connectivity index (χ4n) is 1.94. The Morgan fingerprint density at radius 3 is 1.73 bits per heavy atom. The summed E-state index contributed by atoms with van der Waals surface area (Å²) in [6.45, 7) is 1.82. The Morgan fingerprint density at radius 1 is 0.933 bits per heavy atom. The molecule has 1 aliphatic heterocycles. The molecule has 0 unspecified atom stereocenters. The van der Waals surface area contributed by atoms with Gasteiger partial charge in [-0.25, -0.2) is 0 Å². The molecule has 80 valence electrons. The zero-order chi connectivity index (χ0) is 11.0. The van der Waals surface area contributed by atoms with E-state index < -0.39 is 11.6 Å². The van der Waals surface area contributed by atoms with Crippen LogP contribution in [0.4, 0.5) is 0 Å². The van der Waals surface area contributed by atoms with Gasteiger partial charge in [0.1, 0.15) is 0 Å². The van der Waals surface area contributed by atoms with E-state index in [-0.39, 0.29) is 0 Å². The lowest BCUT2D eigenvalue weighted by molar-refractivity contribution is -0.131. The summed E-state index contributed by atoms with van der Waals surface area (Å²) in [5.41, 5.74) is 1.72. The lowest BCUT2D eigenvalue weighted by Crippen LogP contribution is -2.28. The lowest BCUT2D eigenvalue weighted by atomic mass is 10.1. The van der Waals surface area contributed by atoms with Gasteiger partial charge in [0.2, 0.25) is 11.6 Å². The maximum absolute atomic E-state index is 11.3. The van der Waals surface area contributed by atoms with E-state index in [4.69, 9.17) is 0 Å². The summed E-state index contributed by atoms with van der Waals surface area (Å²) >= 11 is 0. The van der Waals surface area contributed by atoms with Gasteiger partial charge in [-0.05, 0) is 6.42 Å². The van der Waals surface area contributed by atoms with Crippen molar-refractivity contribution in [1.29, 1.82) is 0 Å². The minimum absolute atomic E-state index is 0.420. The van der Waals surface area contributed by atoms with Crippen LogP contribution in [0.15, 0.2) is 23.5 Å². The second-order valence-corrected chi connectivity index (χ2v) is 3.98. The molecular weight excluding hydrogens is 192 g/mol. The Bertz CT molecular complexity index is 346. The molecule has 15 heavy (non-hydrogen) atoms. The minimum atomic E-state index is -0.420. The number of ketones is 2. The van der Waals surface area contributed by atoms with E-state index in [0.29, 0.717) is 0 Å². The molecule has 0 amide bonds. The van der Waals surface area contributed by atoms with Crippen molar-refractivity contribution < 1.29 is 9.59 Å². The third kappa shape index (κ3) is 1.67. The highest BCUT2D eigenvalue weighted by molar-refractivity contribution is 6.46. The van der Waals surface area contributed by atoms with E-state index in [0.717, 1.165) is 30.9 Å². The zero-order valence-electron chi connectivity index (χ0n) is 8.99. The van der Waals surface area contributed by atoms with E-state index in [1.807, 2.05) is 23.9 Å². The number of rotatable bonds is 0. The summed E-state index contributed by atoms with van der Waals surface area (Å²) < 4.78 is 0. The normalized spacial score (nSPS) is 22.0. The van der Waals surface area contributed by atoms with Crippen molar-refractivity contribution in [1.82, 2.24) is 9.80 Å². The number of hydrogen-bond donors (Lipinski definition) is 0. The van der Waals surface area contributed by atoms with E-state index in [9.17, 15) is 9.59 Å². The zero-order valence-corrected chi connectivity index (χ0v) is 8.99. The average molecular weight is 206 g/mol. The molecule has 2 rings (SSSR count). The third-order valence-electron chi connectivity index (χ3n) is 2.85. The van der Waals surface area contributed by atoms with E-state index in [2.05, 4.69) is 0 Å². The Labute approximate surface area is 88.8 Å². The van der Waals surface area contributed by atoms with Crippen LogP contribution in [0.2, 0.25) is 0 Å². The highest BCUT2D eigenvalue weighted by atomic mass is 16.2. The molecule has 0 aromatic heterocycles. The maximum Gasteiger partial charge on any atom is 0.227 e. The minimum Gasteiger partial charge on any atom is -0.373 e. The second kappa shape index (κ2) is 3.53. The molecule has 0 spiro atoms. The van der Waals surface area contributed by atoms with Gasteiger partial charge in [-0.1, -0.05) is 0 Å². The van der Waals surface area contributed by atoms with Gasteiger partial charge in [0.05, 0.1) is 11.4 Å². The summed E-state index contributed by atoms with van der Waals surface area (Å²) in [6, 6.07) is 0. The van der Waals surface area contributed by atoms with Crippen molar-refractivity contribution in [3.05, 3.63) is 23.5 Å². The number of carbonyl (C=O) groups excluding carboxylic acids is 2. The first-order chi connectivity index (χ1) is 7.09. The van der Waals surface area contributed by atoms with Crippen molar-refractivity contribution in [3.63, 3.8) is 0 Å². The molecule has 0 aromatic rings. The van der Waals surface area contributed by atoms with Gasteiger partial charge >= 0.3 is 0 Å². The molecule has 0 N–H and O–H groups in total. The SMILES string of the molecule is CN1CCCN(C)C2=CC(=O)C(=O)C=C21. The predicted octanol–water partition coefficient (Wildman–Crippen LogP) is 0.173. The van der Waals surface area contributed by atoms with E-state index in [1.165, 1.54) is 12.2 Å². The average Bonchev–Trinajstić information content (AvgIpc) is 2.31. The van der Waals surface area contributed by atoms with Crippen LogP contribution in [-0.4, -0.2) is 48.6 Å². The number of hydrogen-bond acceptors (Lipinski definition) is 4. The molecule has 1 aliphatic carbocycles. The van der Waals surface area contributed by atoms with E-state index >= 15 is 0 Å². The van der Waals surface area contributed by atoms with Crippen LogP contribution in [0.3, 0.4) is 0 Å². The standard InChI is InChI=1S/C11H14N2O2/c1-12-4-3-5-13(2)9-7-11(15)10(14)6-8(9)12/h6-7H,3-5H2,1-2H3. The molecule has 4 nitrogen and oxygen atoms in total. The third-order valence-corrected chi connectivity index (χ3v) is 2.85. The number of fused-ring (bicyclic) bond motifs is 1. The fraction of sp³-hybridized carbons (Fsp3) is 0.455. The van der Waals surface area contributed by atoms with Crippen molar-refractivity contribution in [2.24, 2.45) is 0 Å². The van der Waals surface area contributed by atoms with Crippen LogP contribution < -0.4 is 0 Å². The fourth-order valence-corrected chi connectivity index (χ4v) is 1.94. The van der Waals surface area contributed by atoms with Crippen molar-refractivity contribution in [2.75, 3.05) is 27.2 Å². The van der Waals surface area contributed by atoms with Crippen molar-refractivity contribution in [3.8, 4) is 0 Å². The van der Waals surface area contributed by atoms with Crippen molar-refractivity contribution >= 4 is 11.6 Å². The topological polar surface area (TPSA) is 40.6 Å². The molecule has 0 radical (unpaired) electrons. The van der Waals surface area contributed by atoms with Crippen LogP contribution >= 0.6 is 0 Å². The lowest BCUT2D eigenvalue weighted by Gasteiger charge is -2.26. The molecule has 2 aliphatic rings.